The third-order valence-electron chi connectivity index (χ3n) is 7.78. The first-order valence-corrected chi connectivity index (χ1v) is 13.6. The molecule has 0 amide bonds. The Balaban J connectivity index is 1.49. The molecule has 0 heterocycles. The molecule has 182 valence electrons. The van der Waals surface area contributed by atoms with Crippen LogP contribution < -0.4 is 9.47 Å². The van der Waals surface area contributed by atoms with Gasteiger partial charge in [0.25, 0.3) is 0 Å². The van der Waals surface area contributed by atoms with E-state index in [1.165, 1.54) is 60.1 Å². The van der Waals surface area contributed by atoms with Gasteiger partial charge in [0.15, 0.2) is 0 Å². The predicted molar refractivity (Wildman–Crippen MR) is 149 cm³/mol. The lowest BCUT2D eigenvalue weighted by Gasteiger charge is -2.28. The van der Waals surface area contributed by atoms with Crippen LogP contribution in [0.3, 0.4) is 0 Å². The van der Waals surface area contributed by atoms with Gasteiger partial charge in [0, 0.05) is 11.1 Å². The number of fused-ring (bicyclic) bond motifs is 2. The lowest BCUT2D eigenvalue weighted by Crippen LogP contribution is -2.16. The zero-order valence-corrected chi connectivity index (χ0v) is 21.3. The molecule has 1 saturated carbocycles. The highest BCUT2D eigenvalue weighted by Crippen LogP contribution is 2.45. The van der Waals surface area contributed by atoms with Crippen molar-refractivity contribution in [2.75, 3.05) is 13.2 Å². The molecule has 0 saturated heterocycles. The Morgan fingerprint density at radius 1 is 0.600 bits per heavy atom. The van der Waals surface area contributed by atoms with Crippen molar-refractivity contribution in [2.24, 2.45) is 11.8 Å². The molecule has 2 nitrogen and oxygen atoms in total. The van der Waals surface area contributed by atoms with E-state index in [1.54, 1.807) is 0 Å². The third kappa shape index (κ3) is 5.17. The van der Waals surface area contributed by atoms with Crippen molar-refractivity contribution in [1.29, 1.82) is 0 Å². The molecule has 1 fully saturated rings. The molecule has 4 aromatic rings. The van der Waals surface area contributed by atoms with Crippen LogP contribution in [0.15, 0.2) is 72.8 Å². The summed E-state index contributed by atoms with van der Waals surface area (Å²) in [4.78, 5) is 0. The second-order valence-electron chi connectivity index (χ2n) is 10.1. The molecular formula is C33H38O2. The number of hydrogen-bond donors (Lipinski definition) is 0. The van der Waals surface area contributed by atoms with E-state index in [0.717, 1.165) is 47.5 Å². The van der Waals surface area contributed by atoms with Gasteiger partial charge in [-0.1, -0.05) is 106 Å². The summed E-state index contributed by atoms with van der Waals surface area (Å²) in [7, 11) is 0. The van der Waals surface area contributed by atoms with Crippen molar-refractivity contribution in [2.45, 2.75) is 58.8 Å². The molecule has 1 aliphatic carbocycles. The van der Waals surface area contributed by atoms with E-state index in [0.29, 0.717) is 6.61 Å². The Morgan fingerprint density at radius 2 is 1.11 bits per heavy atom. The molecule has 1 aliphatic rings. The SMILES string of the molecule is CCCC1CCC(CCOc2ccc3ccccc3c2-c2c(OCC)ccc3ccccc23)CC1. The maximum Gasteiger partial charge on any atom is 0.127 e. The van der Waals surface area contributed by atoms with Crippen molar-refractivity contribution >= 4 is 21.5 Å². The average Bonchev–Trinajstić information content (AvgIpc) is 2.90. The molecule has 0 N–H and O–H groups in total. The van der Waals surface area contributed by atoms with Crippen LogP contribution >= 0.6 is 0 Å². The molecular weight excluding hydrogens is 428 g/mol. The summed E-state index contributed by atoms with van der Waals surface area (Å²) in [6.07, 6.45) is 9.37. The summed E-state index contributed by atoms with van der Waals surface area (Å²) in [6, 6.07) is 25.8. The van der Waals surface area contributed by atoms with Crippen LogP contribution in [0, 0.1) is 11.8 Å². The van der Waals surface area contributed by atoms with E-state index < -0.39 is 0 Å². The van der Waals surface area contributed by atoms with Crippen LogP contribution in [-0.4, -0.2) is 13.2 Å². The fourth-order valence-electron chi connectivity index (χ4n) is 5.97. The van der Waals surface area contributed by atoms with Gasteiger partial charge in [0.05, 0.1) is 13.2 Å². The first-order valence-electron chi connectivity index (χ1n) is 13.6. The van der Waals surface area contributed by atoms with Gasteiger partial charge < -0.3 is 9.47 Å². The van der Waals surface area contributed by atoms with E-state index in [9.17, 15) is 0 Å². The van der Waals surface area contributed by atoms with Gasteiger partial charge in [0.2, 0.25) is 0 Å². The zero-order valence-electron chi connectivity index (χ0n) is 21.3. The smallest absolute Gasteiger partial charge is 0.127 e. The lowest BCUT2D eigenvalue weighted by molar-refractivity contribution is 0.212. The first-order chi connectivity index (χ1) is 17.3. The van der Waals surface area contributed by atoms with Gasteiger partial charge in [-0.15, -0.1) is 0 Å². The molecule has 4 aromatic carbocycles. The van der Waals surface area contributed by atoms with Crippen LogP contribution in [0.2, 0.25) is 0 Å². The predicted octanol–water partition coefficient (Wildman–Crippen LogP) is 9.43. The van der Waals surface area contributed by atoms with Gasteiger partial charge in [-0.25, -0.2) is 0 Å². The minimum atomic E-state index is 0.632. The minimum absolute atomic E-state index is 0.632. The molecule has 0 radical (unpaired) electrons. The summed E-state index contributed by atoms with van der Waals surface area (Å²) in [5.74, 6) is 3.62. The van der Waals surface area contributed by atoms with Crippen LogP contribution in [0.1, 0.15) is 58.8 Å². The fraction of sp³-hybridized carbons (Fsp3) is 0.394. The minimum Gasteiger partial charge on any atom is -0.493 e. The van der Waals surface area contributed by atoms with Crippen molar-refractivity contribution in [3.63, 3.8) is 0 Å². The topological polar surface area (TPSA) is 18.5 Å². The molecule has 5 rings (SSSR count). The first kappa shape index (κ1) is 23.7. The maximum absolute atomic E-state index is 6.60. The van der Waals surface area contributed by atoms with E-state index in [-0.39, 0.29) is 0 Å². The van der Waals surface area contributed by atoms with E-state index >= 15 is 0 Å². The highest BCUT2D eigenvalue weighted by molar-refractivity contribution is 6.09. The Bertz CT molecular complexity index is 1270. The number of ether oxygens (including phenoxy) is 2. The Labute approximate surface area is 210 Å². The normalized spacial score (nSPS) is 18.1. The summed E-state index contributed by atoms with van der Waals surface area (Å²) in [6.45, 7) is 5.76. The molecule has 0 aromatic heterocycles. The molecule has 2 heteroatoms. The Kier molecular flexibility index (Phi) is 7.57. The monoisotopic (exact) mass is 466 g/mol. The zero-order chi connectivity index (χ0) is 24.0. The van der Waals surface area contributed by atoms with Gasteiger partial charge >= 0.3 is 0 Å². The molecule has 0 atom stereocenters. The average molecular weight is 467 g/mol. The van der Waals surface area contributed by atoms with Crippen molar-refractivity contribution in [3.8, 4) is 22.6 Å². The molecule has 0 spiro atoms. The Morgan fingerprint density at radius 3 is 1.66 bits per heavy atom. The summed E-state index contributed by atoms with van der Waals surface area (Å²) in [5.41, 5.74) is 2.28. The molecule has 0 bridgehead atoms. The summed E-state index contributed by atoms with van der Waals surface area (Å²) < 4.78 is 12.8. The third-order valence-corrected chi connectivity index (χ3v) is 7.78. The van der Waals surface area contributed by atoms with Crippen LogP contribution in [-0.2, 0) is 0 Å². The van der Waals surface area contributed by atoms with Gasteiger partial charge in [0.1, 0.15) is 11.5 Å². The van der Waals surface area contributed by atoms with Gasteiger partial charge in [-0.2, -0.15) is 0 Å². The van der Waals surface area contributed by atoms with Crippen molar-refractivity contribution in [1.82, 2.24) is 0 Å². The second kappa shape index (κ2) is 11.2. The van der Waals surface area contributed by atoms with E-state index in [1.807, 2.05) is 0 Å². The number of hydrogen-bond acceptors (Lipinski definition) is 2. The molecule has 0 aliphatic heterocycles. The van der Waals surface area contributed by atoms with E-state index in [4.69, 9.17) is 9.47 Å². The van der Waals surface area contributed by atoms with Gasteiger partial charge in [-0.3, -0.25) is 0 Å². The van der Waals surface area contributed by atoms with Crippen molar-refractivity contribution in [3.05, 3.63) is 72.8 Å². The summed E-state index contributed by atoms with van der Waals surface area (Å²) in [5, 5.41) is 4.85. The lowest BCUT2D eigenvalue weighted by atomic mass is 9.79. The largest absolute Gasteiger partial charge is 0.493 e. The quantitative estimate of drug-likeness (QED) is 0.244. The second-order valence-corrected chi connectivity index (χ2v) is 10.1. The van der Waals surface area contributed by atoms with Crippen LogP contribution in [0.4, 0.5) is 0 Å². The van der Waals surface area contributed by atoms with Crippen LogP contribution in [0.5, 0.6) is 11.5 Å². The molecule has 0 unspecified atom stereocenters. The number of rotatable bonds is 9. The van der Waals surface area contributed by atoms with Crippen molar-refractivity contribution < 1.29 is 9.47 Å². The van der Waals surface area contributed by atoms with Crippen LogP contribution in [0.25, 0.3) is 32.7 Å². The molecule has 35 heavy (non-hydrogen) atoms. The maximum atomic E-state index is 6.60. The summed E-state index contributed by atoms with van der Waals surface area (Å²) >= 11 is 0. The van der Waals surface area contributed by atoms with E-state index in [2.05, 4.69) is 86.6 Å². The highest BCUT2D eigenvalue weighted by atomic mass is 16.5. The standard InChI is InChI=1S/C33H38O2/c1-3-9-24-14-16-25(17-15-24)22-23-35-31-21-19-27-11-6-8-13-29(27)33(31)32-28-12-7-5-10-26(28)18-20-30(32)34-4-2/h5-8,10-13,18-21,24-25H,3-4,9,14-17,22-23H2,1-2H3. The fourth-order valence-corrected chi connectivity index (χ4v) is 5.97. The number of benzene rings is 4. The van der Waals surface area contributed by atoms with Gasteiger partial charge in [-0.05, 0) is 58.9 Å². The highest BCUT2D eigenvalue weighted by Gasteiger charge is 2.22. The Hall–Kier alpha value is -3.00.